The number of aliphatic hydroxyl groups is 1. The van der Waals surface area contributed by atoms with Crippen molar-refractivity contribution in [1.82, 2.24) is 10.6 Å². The molecule has 0 saturated carbocycles. The Labute approximate surface area is 193 Å². The molecule has 176 valence electrons. The predicted molar refractivity (Wildman–Crippen MR) is 123 cm³/mol. The van der Waals surface area contributed by atoms with E-state index in [1.165, 1.54) is 0 Å². The molecule has 0 saturated heterocycles. The van der Waals surface area contributed by atoms with Gasteiger partial charge in [-0.15, -0.1) is 0 Å². The summed E-state index contributed by atoms with van der Waals surface area (Å²) in [5.41, 5.74) is 4.45. The van der Waals surface area contributed by atoms with Crippen molar-refractivity contribution in [2.45, 2.75) is 44.8 Å². The highest BCUT2D eigenvalue weighted by molar-refractivity contribution is 5.86. The third-order valence-corrected chi connectivity index (χ3v) is 6.11. The Morgan fingerprint density at radius 3 is 2.15 bits per heavy atom. The maximum atomic E-state index is 12.6. The third kappa shape index (κ3) is 5.70. The van der Waals surface area contributed by atoms with Crippen molar-refractivity contribution in [3.05, 3.63) is 59.7 Å². The van der Waals surface area contributed by atoms with Crippen LogP contribution in [0.3, 0.4) is 0 Å². The summed E-state index contributed by atoms with van der Waals surface area (Å²) in [5.74, 6) is -2.05. The smallest absolute Gasteiger partial charge is 0.407 e. The Bertz CT molecular complexity index is 962. The molecule has 2 amide bonds. The summed E-state index contributed by atoms with van der Waals surface area (Å²) < 4.78 is 5.54. The average molecular weight is 455 g/mol. The Kier molecular flexibility index (Phi) is 8.06. The van der Waals surface area contributed by atoms with E-state index < -0.39 is 30.1 Å². The lowest BCUT2D eigenvalue weighted by molar-refractivity contribution is -0.147. The van der Waals surface area contributed by atoms with Crippen LogP contribution in [0.1, 0.15) is 43.7 Å². The minimum atomic E-state index is -1.55. The molecule has 0 aliphatic heterocycles. The van der Waals surface area contributed by atoms with Gasteiger partial charge in [0, 0.05) is 18.9 Å². The Hall–Kier alpha value is -3.39. The number of fused-ring (bicyclic) bond motifs is 3. The number of alkyl carbamates (subject to hydrolysis) is 1. The number of amides is 2. The van der Waals surface area contributed by atoms with Crippen LogP contribution in [0.5, 0.6) is 0 Å². The predicted octanol–water partition coefficient (Wildman–Crippen LogP) is 2.89. The zero-order chi connectivity index (χ0) is 24.0. The number of hydrogen-bond acceptors (Lipinski definition) is 5. The summed E-state index contributed by atoms with van der Waals surface area (Å²) in [7, 11) is 0. The minimum absolute atomic E-state index is 0.0222. The first kappa shape index (κ1) is 24.3. The summed E-state index contributed by atoms with van der Waals surface area (Å²) in [6.45, 7) is 3.85. The van der Waals surface area contributed by atoms with Crippen LogP contribution >= 0.6 is 0 Å². The van der Waals surface area contributed by atoms with Crippen molar-refractivity contribution in [2.75, 3.05) is 13.2 Å². The number of ether oxygens (including phenoxy) is 1. The summed E-state index contributed by atoms with van der Waals surface area (Å²) >= 11 is 0. The van der Waals surface area contributed by atoms with E-state index in [0.29, 0.717) is 6.42 Å². The first-order valence-electron chi connectivity index (χ1n) is 11.1. The normalized spacial score (nSPS) is 15.0. The molecule has 3 rings (SSSR count). The molecule has 0 heterocycles. The highest BCUT2D eigenvalue weighted by Gasteiger charge is 2.31. The molecule has 1 aliphatic carbocycles. The van der Waals surface area contributed by atoms with E-state index in [2.05, 4.69) is 22.8 Å². The van der Waals surface area contributed by atoms with E-state index in [-0.39, 0.29) is 31.4 Å². The van der Waals surface area contributed by atoms with Crippen LogP contribution in [-0.4, -0.2) is 53.5 Å². The molecule has 0 fully saturated rings. The van der Waals surface area contributed by atoms with Crippen molar-refractivity contribution in [3.63, 3.8) is 0 Å². The Morgan fingerprint density at radius 2 is 1.61 bits per heavy atom. The molecule has 2 aromatic carbocycles. The quantitative estimate of drug-likeness (QED) is 0.438. The molecule has 0 radical (unpaired) electrons. The van der Waals surface area contributed by atoms with E-state index in [1.54, 1.807) is 0 Å². The number of carboxylic acids is 1. The summed E-state index contributed by atoms with van der Waals surface area (Å²) in [4.78, 5) is 35.9. The number of nitrogens with one attached hydrogen (secondary N) is 2. The largest absolute Gasteiger partial charge is 0.479 e. The van der Waals surface area contributed by atoms with Gasteiger partial charge in [-0.3, -0.25) is 4.79 Å². The highest BCUT2D eigenvalue weighted by Crippen LogP contribution is 2.44. The van der Waals surface area contributed by atoms with Gasteiger partial charge in [-0.25, -0.2) is 9.59 Å². The van der Waals surface area contributed by atoms with Crippen molar-refractivity contribution in [2.24, 2.45) is 5.92 Å². The van der Waals surface area contributed by atoms with Gasteiger partial charge in [-0.2, -0.15) is 0 Å². The van der Waals surface area contributed by atoms with E-state index in [9.17, 15) is 19.5 Å². The van der Waals surface area contributed by atoms with Gasteiger partial charge in [0.2, 0.25) is 5.91 Å². The van der Waals surface area contributed by atoms with Crippen molar-refractivity contribution < 1.29 is 29.3 Å². The number of rotatable bonds is 10. The standard InChI is InChI=1S/C25H30N2O6/c1-3-15(2)22(23(29)26-13-12-21(28)24(30)31)27-25(32)33-14-20-18-10-6-4-8-16(18)17-9-5-7-11-19(17)20/h4-11,15,20-22,28H,3,12-14H2,1-2H3,(H,26,29)(H,27,32)(H,30,31)/t15-,21?,22-/m0/s1. The molecular formula is C25H30N2O6. The maximum absolute atomic E-state index is 12.6. The van der Waals surface area contributed by atoms with Gasteiger partial charge in [0.15, 0.2) is 6.10 Å². The number of aliphatic hydroxyl groups excluding tert-OH is 1. The van der Waals surface area contributed by atoms with Gasteiger partial charge < -0.3 is 25.6 Å². The van der Waals surface area contributed by atoms with Crippen LogP contribution in [0.15, 0.2) is 48.5 Å². The summed E-state index contributed by atoms with van der Waals surface area (Å²) in [6.07, 6.45) is -1.73. The molecule has 0 spiro atoms. The molecule has 1 unspecified atom stereocenters. The fraction of sp³-hybridized carbons (Fsp3) is 0.400. The molecule has 33 heavy (non-hydrogen) atoms. The second-order valence-electron chi connectivity index (χ2n) is 8.27. The zero-order valence-electron chi connectivity index (χ0n) is 18.8. The van der Waals surface area contributed by atoms with Crippen LogP contribution in [0.25, 0.3) is 11.1 Å². The number of aliphatic carboxylic acids is 1. The highest BCUT2D eigenvalue weighted by atomic mass is 16.5. The van der Waals surface area contributed by atoms with E-state index in [1.807, 2.05) is 50.2 Å². The van der Waals surface area contributed by atoms with Crippen LogP contribution in [-0.2, 0) is 14.3 Å². The second kappa shape index (κ2) is 11.0. The van der Waals surface area contributed by atoms with Gasteiger partial charge in [-0.1, -0.05) is 68.8 Å². The van der Waals surface area contributed by atoms with Gasteiger partial charge in [0.1, 0.15) is 12.6 Å². The van der Waals surface area contributed by atoms with Crippen LogP contribution < -0.4 is 10.6 Å². The first-order valence-corrected chi connectivity index (χ1v) is 11.1. The fourth-order valence-electron chi connectivity index (χ4n) is 4.03. The Balaban J connectivity index is 1.61. The minimum Gasteiger partial charge on any atom is -0.479 e. The molecule has 4 N–H and O–H groups in total. The van der Waals surface area contributed by atoms with E-state index in [0.717, 1.165) is 22.3 Å². The van der Waals surface area contributed by atoms with Crippen LogP contribution in [0, 0.1) is 5.92 Å². The van der Waals surface area contributed by atoms with E-state index in [4.69, 9.17) is 9.84 Å². The molecule has 8 nitrogen and oxygen atoms in total. The lowest BCUT2D eigenvalue weighted by Gasteiger charge is -2.24. The Morgan fingerprint density at radius 1 is 1.03 bits per heavy atom. The molecule has 2 aromatic rings. The SMILES string of the molecule is CC[C@H](C)[C@H](NC(=O)OCC1c2ccccc2-c2ccccc21)C(=O)NCCC(O)C(=O)O. The molecular weight excluding hydrogens is 424 g/mol. The van der Waals surface area contributed by atoms with Gasteiger partial charge in [0.25, 0.3) is 0 Å². The monoisotopic (exact) mass is 454 g/mol. The van der Waals surface area contributed by atoms with Crippen molar-refractivity contribution in [3.8, 4) is 11.1 Å². The summed E-state index contributed by atoms with van der Waals surface area (Å²) in [5, 5.41) is 23.3. The lowest BCUT2D eigenvalue weighted by Crippen LogP contribution is -2.51. The van der Waals surface area contributed by atoms with Gasteiger partial charge >= 0.3 is 12.1 Å². The van der Waals surface area contributed by atoms with Crippen LogP contribution in [0.2, 0.25) is 0 Å². The maximum Gasteiger partial charge on any atom is 0.407 e. The van der Waals surface area contributed by atoms with Crippen LogP contribution in [0.4, 0.5) is 4.79 Å². The van der Waals surface area contributed by atoms with Crippen molar-refractivity contribution >= 4 is 18.0 Å². The second-order valence-corrected chi connectivity index (χ2v) is 8.27. The topological polar surface area (TPSA) is 125 Å². The van der Waals surface area contributed by atoms with E-state index >= 15 is 0 Å². The molecule has 1 aliphatic rings. The zero-order valence-corrected chi connectivity index (χ0v) is 18.8. The summed E-state index contributed by atoms with van der Waals surface area (Å²) in [6, 6.07) is 15.2. The van der Waals surface area contributed by atoms with Gasteiger partial charge in [0.05, 0.1) is 0 Å². The number of benzene rings is 2. The first-order chi connectivity index (χ1) is 15.8. The number of hydrogen-bond donors (Lipinski definition) is 4. The molecule has 0 aromatic heterocycles. The lowest BCUT2D eigenvalue weighted by atomic mass is 9.98. The average Bonchev–Trinajstić information content (AvgIpc) is 3.14. The number of carbonyl (C=O) groups excluding carboxylic acids is 2. The number of carbonyl (C=O) groups is 3. The fourth-order valence-corrected chi connectivity index (χ4v) is 4.03. The van der Waals surface area contributed by atoms with Gasteiger partial charge in [-0.05, 0) is 28.2 Å². The molecule has 3 atom stereocenters. The van der Waals surface area contributed by atoms with Crippen molar-refractivity contribution in [1.29, 1.82) is 0 Å². The molecule has 8 heteroatoms. The number of carboxylic acid groups (broad SMARTS) is 1. The third-order valence-electron chi connectivity index (χ3n) is 6.11. The molecule has 0 bridgehead atoms.